The molecule has 0 fully saturated rings. The minimum Gasteiger partial charge on any atom is -0.493 e. The average Bonchev–Trinajstić information content (AvgIpc) is 2.76. The molecule has 172 valence electrons. The number of ether oxygens (including phenoxy) is 2. The fourth-order valence-electron chi connectivity index (χ4n) is 2.22. The van der Waals surface area contributed by atoms with Crippen LogP contribution in [-0.2, 0) is 6.42 Å². The molecule has 0 saturated carbocycles. The van der Waals surface area contributed by atoms with Crippen LogP contribution in [0.1, 0.15) is 45.4 Å². The van der Waals surface area contributed by atoms with Crippen molar-refractivity contribution in [2.24, 2.45) is 0 Å². The van der Waals surface area contributed by atoms with Gasteiger partial charge in [-0.25, -0.2) is 0 Å². The van der Waals surface area contributed by atoms with Crippen molar-refractivity contribution < 1.29 is 14.4 Å². The van der Waals surface area contributed by atoms with Crippen molar-refractivity contribution in [3.8, 4) is 11.5 Å². The van der Waals surface area contributed by atoms with Crippen LogP contribution in [-0.4, -0.2) is 28.8 Å². The Morgan fingerprint density at radius 2 is 1.74 bits per heavy atom. The number of hydrogen-bond acceptors (Lipinski definition) is 4. The van der Waals surface area contributed by atoms with Crippen LogP contribution in [0.15, 0.2) is 66.0 Å². The van der Waals surface area contributed by atoms with Crippen LogP contribution in [0.4, 0.5) is 0 Å². The molecular formula is C25H38NO4P. The first-order valence-electron chi connectivity index (χ1n) is 10.5. The molecule has 2 unspecified atom stereocenters. The van der Waals surface area contributed by atoms with Gasteiger partial charge in [0.1, 0.15) is 5.75 Å². The highest BCUT2D eigenvalue weighted by Crippen LogP contribution is 2.15. The van der Waals surface area contributed by atoms with Crippen LogP contribution in [0.5, 0.6) is 11.5 Å². The zero-order valence-corrected chi connectivity index (χ0v) is 20.5. The van der Waals surface area contributed by atoms with Crippen LogP contribution >= 0.6 is 8.81 Å². The molecule has 1 heterocycles. The maximum Gasteiger partial charge on any atom is 0.290 e. The first-order chi connectivity index (χ1) is 14.9. The Hall–Kier alpha value is -2.36. The summed E-state index contributed by atoms with van der Waals surface area (Å²) >= 11 is 0. The zero-order valence-electron chi connectivity index (χ0n) is 19.5. The topological polar surface area (TPSA) is 71.5 Å². The molecule has 0 aliphatic heterocycles. The summed E-state index contributed by atoms with van der Waals surface area (Å²) in [5.74, 6) is 1.15. The third kappa shape index (κ3) is 14.3. The lowest BCUT2D eigenvalue weighted by Gasteiger charge is -2.14. The fourth-order valence-corrected chi connectivity index (χ4v) is 2.62. The molecular weight excluding hydrogens is 409 g/mol. The van der Waals surface area contributed by atoms with E-state index in [0.717, 1.165) is 24.0 Å². The predicted octanol–water partition coefficient (Wildman–Crippen LogP) is 5.82. The van der Waals surface area contributed by atoms with Gasteiger partial charge in [-0.15, -0.1) is 6.58 Å². The van der Waals surface area contributed by atoms with Gasteiger partial charge in [-0.05, 0) is 77.0 Å². The molecule has 31 heavy (non-hydrogen) atoms. The maximum atomic E-state index is 11.8. The fraction of sp³-hybridized carbons (Fsp3) is 0.400. The molecule has 0 bridgehead atoms. The van der Waals surface area contributed by atoms with Crippen molar-refractivity contribution in [1.29, 1.82) is 0 Å². The standard InChI is InChI=1S/C18H24NO4P.C4H8.C3H6/c1-13-3-8-17(18(20)19-13)23-14(2)9-11-22-16-6-4-15(5-7-16)10-12-24-21;1-3-4-2;1-3-2/h3-8,14,21,24H,9-12H2,1-2H3,(H,19,20);3-4H,1-2H3;3H,1H2,2H3/b;4-3-;. The van der Waals surface area contributed by atoms with E-state index in [1.54, 1.807) is 12.1 Å². The van der Waals surface area contributed by atoms with Gasteiger partial charge in [0, 0.05) is 20.9 Å². The minimum atomic E-state index is -0.207. The van der Waals surface area contributed by atoms with Crippen LogP contribution in [0.25, 0.3) is 0 Å². The Morgan fingerprint density at radius 1 is 1.13 bits per heavy atom. The van der Waals surface area contributed by atoms with E-state index in [4.69, 9.17) is 14.4 Å². The van der Waals surface area contributed by atoms with Crippen molar-refractivity contribution in [3.63, 3.8) is 0 Å². The molecule has 0 amide bonds. The van der Waals surface area contributed by atoms with Crippen molar-refractivity contribution >= 4 is 8.81 Å². The molecule has 1 aromatic carbocycles. The molecule has 2 atom stereocenters. The average molecular weight is 448 g/mol. The monoisotopic (exact) mass is 447 g/mol. The van der Waals surface area contributed by atoms with Gasteiger partial charge in [0.25, 0.3) is 5.56 Å². The van der Waals surface area contributed by atoms with Crippen LogP contribution in [0.2, 0.25) is 0 Å². The minimum absolute atomic E-state index is 0.00577. The Morgan fingerprint density at radius 3 is 2.26 bits per heavy atom. The molecule has 0 saturated heterocycles. The number of hydrogen-bond donors (Lipinski definition) is 2. The number of aromatic amines is 1. The molecule has 1 aromatic heterocycles. The van der Waals surface area contributed by atoms with E-state index in [0.29, 0.717) is 18.8 Å². The lowest BCUT2D eigenvalue weighted by atomic mass is 10.2. The number of H-pyrrole nitrogens is 1. The highest BCUT2D eigenvalue weighted by atomic mass is 31.1. The molecule has 0 radical (unpaired) electrons. The zero-order chi connectivity index (χ0) is 23.5. The summed E-state index contributed by atoms with van der Waals surface area (Å²) in [4.78, 5) is 23.3. The van der Waals surface area contributed by atoms with Gasteiger partial charge in [-0.2, -0.15) is 0 Å². The Kier molecular flexibility index (Phi) is 17.0. The second-order valence-electron chi connectivity index (χ2n) is 6.78. The van der Waals surface area contributed by atoms with Crippen molar-refractivity contribution in [2.45, 2.75) is 53.6 Å². The van der Waals surface area contributed by atoms with E-state index >= 15 is 0 Å². The summed E-state index contributed by atoms with van der Waals surface area (Å²) in [5.41, 5.74) is 1.80. The summed E-state index contributed by atoms with van der Waals surface area (Å²) in [6.45, 7) is 13.5. The van der Waals surface area contributed by atoms with E-state index in [2.05, 4.69) is 11.6 Å². The molecule has 6 heteroatoms. The second-order valence-corrected chi connectivity index (χ2v) is 7.59. The third-order valence-corrected chi connectivity index (χ3v) is 4.40. The molecule has 0 aliphatic rings. The van der Waals surface area contributed by atoms with Gasteiger partial charge in [-0.3, -0.25) is 4.79 Å². The van der Waals surface area contributed by atoms with Gasteiger partial charge < -0.3 is 19.4 Å². The summed E-state index contributed by atoms with van der Waals surface area (Å²) in [6.07, 6.45) is 8.00. The normalized spacial score (nSPS) is 11.3. The van der Waals surface area contributed by atoms with Gasteiger partial charge in [0.05, 0.1) is 12.7 Å². The summed E-state index contributed by atoms with van der Waals surface area (Å²) in [5, 5.41) is 0. The summed E-state index contributed by atoms with van der Waals surface area (Å²) in [7, 11) is -0.00577. The van der Waals surface area contributed by atoms with Gasteiger partial charge in [-0.1, -0.05) is 30.4 Å². The molecule has 2 aromatic rings. The van der Waals surface area contributed by atoms with Crippen LogP contribution in [0.3, 0.4) is 0 Å². The molecule has 2 rings (SSSR count). The second kappa shape index (κ2) is 18.4. The lowest BCUT2D eigenvalue weighted by Crippen LogP contribution is -2.20. The number of allylic oxidation sites excluding steroid dienone is 3. The van der Waals surface area contributed by atoms with Gasteiger partial charge >= 0.3 is 0 Å². The SMILES string of the molecule is C/C=C\C.C=CC.Cc1ccc(OC(C)CCOc2ccc(CCPO)cc2)c(=O)[nH]1. The van der Waals surface area contributed by atoms with E-state index in [9.17, 15) is 4.79 Å². The first kappa shape index (κ1) is 28.6. The highest BCUT2D eigenvalue weighted by Gasteiger charge is 2.08. The number of aryl methyl sites for hydroxylation is 2. The number of aromatic nitrogens is 1. The van der Waals surface area contributed by atoms with Gasteiger partial charge in [0.15, 0.2) is 5.75 Å². The van der Waals surface area contributed by atoms with Crippen LogP contribution < -0.4 is 15.0 Å². The molecule has 0 aliphatic carbocycles. The largest absolute Gasteiger partial charge is 0.493 e. The number of rotatable bonds is 9. The quantitative estimate of drug-likeness (QED) is 0.375. The first-order valence-corrected chi connectivity index (χ1v) is 11.7. The lowest BCUT2D eigenvalue weighted by molar-refractivity contribution is 0.175. The number of pyridine rings is 1. The third-order valence-electron chi connectivity index (χ3n) is 3.92. The summed E-state index contributed by atoms with van der Waals surface area (Å²) in [6, 6.07) is 11.4. The van der Waals surface area contributed by atoms with E-state index in [1.807, 2.05) is 77.1 Å². The maximum absolute atomic E-state index is 11.8. The van der Waals surface area contributed by atoms with E-state index in [1.165, 1.54) is 5.56 Å². The Labute approximate surface area is 189 Å². The molecule has 2 N–H and O–H groups in total. The smallest absolute Gasteiger partial charge is 0.290 e. The van der Waals surface area contributed by atoms with Gasteiger partial charge in [0.2, 0.25) is 0 Å². The number of benzene rings is 1. The highest BCUT2D eigenvalue weighted by molar-refractivity contribution is 7.31. The Balaban J connectivity index is 0.00000113. The van der Waals surface area contributed by atoms with E-state index in [-0.39, 0.29) is 20.5 Å². The Bertz CT molecular complexity index is 796. The van der Waals surface area contributed by atoms with E-state index < -0.39 is 0 Å². The van der Waals surface area contributed by atoms with Crippen molar-refractivity contribution in [3.05, 3.63) is 82.8 Å². The predicted molar refractivity (Wildman–Crippen MR) is 134 cm³/mol. The molecule has 0 spiro atoms. The van der Waals surface area contributed by atoms with Crippen molar-refractivity contribution in [2.75, 3.05) is 12.8 Å². The number of nitrogens with one attached hydrogen (secondary N) is 1. The van der Waals surface area contributed by atoms with Crippen molar-refractivity contribution in [1.82, 2.24) is 4.98 Å². The van der Waals surface area contributed by atoms with Crippen LogP contribution in [0, 0.1) is 6.92 Å². The summed E-state index contributed by atoms with van der Waals surface area (Å²) < 4.78 is 11.4. The molecule has 5 nitrogen and oxygen atoms in total.